The number of nitrogens with one attached hydrogen (secondary N) is 1. The van der Waals surface area contributed by atoms with Gasteiger partial charge in [0.2, 0.25) is 0 Å². The van der Waals surface area contributed by atoms with E-state index in [1.165, 1.54) is 10.4 Å². The average Bonchev–Trinajstić information content (AvgIpc) is 3.28. The molecular formula is C19H20N4O6S. The number of hydrogen-bond acceptors (Lipinski definition) is 7. The van der Waals surface area contributed by atoms with Crippen molar-refractivity contribution in [3.63, 3.8) is 0 Å². The number of amides is 2. The Kier molecular flexibility index (Phi) is 6.09. The molecule has 2 N–H and O–H groups in total. The molecule has 0 bridgehead atoms. The minimum atomic E-state index is -3.80. The van der Waals surface area contributed by atoms with E-state index in [-0.39, 0.29) is 13.0 Å². The largest absolute Gasteiger partial charge is 0.444 e. The molecule has 2 heterocycles. The Bertz CT molecular complexity index is 1110. The molecule has 1 fully saturated rings. The van der Waals surface area contributed by atoms with Crippen LogP contribution in [0.3, 0.4) is 0 Å². The van der Waals surface area contributed by atoms with Crippen LogP contribution in [0.15, 0.2) is 36.7 Å². The van der Waals surface area contributed by atoms with Crippen molar-refractivity contribution in [2.75, 3.05) is 17.7 Å². The van der Waals surface area contributed by atoms with E-state index in [1.807, 2.05) is 0 Å². The highest BCUT2D eigenvalue weighted by atomic mass is 32.2. The number of anilines is 1. The summed E-state index contributed by atoms with van der Waals surface area (Å²) >= 11 is 0. The highest BCUT2D eigenvalue weighted by Crippen LogP contribution is 2.25. The van der Waals surface area contributed by atoms with Gasteiger partial charge in [-0.05, 0) is 24.3 Å². The van der Waals surface area contributed by atoms with E-state index in [1.54, 1.807) is 48.4 Å². The lowest BCUT2D eigenvalue weighted by atomic mass is 10.1. The number of aryl methyl sites for hydroxylation is 1. The Morgan fingerprint density at radius 3 is 2.57 bits per heavy atom. The Morgan fingerprint density at radius 1 is 1.33 bits per heavy atom. The molecule has 158 valence electrons. The van der Waals surface area contributed by atoms with Crippen LogP contribution in [0.5, 0.6) is 0 Å². The SMILES string of the molecule is Cn1cc(C#Cc2ccc(N3C[C@H](CC(C(=O)NO)S(C)(=O)=O)OC3=O)cc2)cn1. The van der Waals surface area contributed by atoms with E-state index in [9.17, 15) is 18.0 Å². The summed E-state index contributed by atoms with van der Waals surface area (Å²) in [6, 6.07) is 6.90. The molecule has 1 aromatic heterocycles. The Hall–Kier alpha value is -3.36. The van der Waals surface area contributed by atoms with Crippen molar-refractivity contribution >= 4 is 27.5 Å². The van der Waals surface area contributed by atoms with Crippen molar-refractivity contribution < 1.29 is 28.0 Å². The Balaban J connectivity index is 1.69. The number of benzene rings is 1. The molecule has 0 radical (unpaired) electrons. The molecule has 1 saturated heterocycles. The van der Waals surface area contributed by atoms with E-state index in [0.29, 0.717) is 5.69 Å². The summed E-state index contributed by atoms with van der Waals surface area (Å²) in [4.78, 5) is 25.2. The second kappa shape index (κ2) is 8.56. The van der Waals surface area contributed by atoms with Gasteiger partial charge in [-0.25, -0.2) is 18.7 Å². The van der Waals surface area contributed by atoms with E-state index in [2.05, 4.69) is 16.9 Å². The molecule has 10 nitrogen and oxygen atoms in total. The van der Waals surface area contributed by atoms with E-state index >= 15 is 0 Å². The highest BCUT2D eigenvalue weighted by molar-refractivity contribution is 7.92. The number of cyclic esters (lactones) is 1. The van der Waals surface area contributed by atoms with Gasteiger partial charge >= 0.3 is 6.09 Å². The van der Waals surface area contributed by atoms with Crippen LogP contribution in [-0.4, -0.2) is 59.6 Å². The molecule has 3 rings (SSSR count). The number of rotatable bonds is 5. The summed E-state index contributed by atoms with van der Waals surface area (Å²) in [7, 11) is -2.00. The second-order valence-corrected chi connectivity index (χ2v) is 9.07. The molecule has 1 aliphatic heterocycles. The van der Waals surface area contributed by atoms with Gasteiger partial charge in [-0.15, -0.1) is 0 Å². The summed E-state index contributed by atoms with van der Waals surface area (Å²) < 4.78 is 30.5. The monoisotopic (exact) mass is 432 g/mol. The summed E-state index contributed by atoms with van der Waals surface area (Å²) in [5, 5.41) is 11.3. The zero-order valence-corrected chi connectivity index (χ0v) is 17.1. The summed E-state index contributed by atoms with van der Waals surface area (Å²) in [5.41, 5.74) is 3.41. The van der Waals surface area contributed by atoms with Gasteiger partial charge in [0.15, 0.2) is 9.84 Å². The van der Waals surface area contributed by atoms with Gasteiger partial charge in [-0.2, -0.15) is 5.10 Å². The third-order valence-electron chi connectivity index (χ3n) is 4.51. The predicted octanol–water partition coefficient (Wildman–Crippen LogP) is 0.454. The third-order valence-corrected chi connectivity index (χ3v) is 5.95. The first-order valence-corrected chi connectivity index (χ1v) is 10.8. The summed E-state index contributed by atoms with van der Waals surface area (Å²) in [6.07, 6.45) is 2.60. The van der Waals surface area contributed by atoms with Gasteiger partial charge in [0.25, 0.3) is 5.91 Å². The summed E-state index contributed by atoms with van der Waals surface area (Å²) in [6.45, 7) is 0.0737. The molecule has 30 heavy (non-hydrogen) atoms. The van der Waals surface area contributed by atoms with Gasteiger partial charge in [-0.3, -0.25) is 19.6 Å². The van der Waals surface area contributed by atoms with Crippen molar-refractivity contribution in [2.24, 2.45) is 7.05 Å². The van der Waals surface area contributed by atoms with Crippen LogP contribution < -0.4 is 10.4 Å². The van der Waals surface area contributed by atoms with Crippen molar-refractivity contribution in [1.82, 2.24) is 15.3 Å². The number of nitrogens with zero attached hydrogens (tertiary/aromatic N) is 3. The fraction of sp³-hybridized carbons (Fsp3) is 0.316. The van der Waals surface area contributed by atoms with Crippen LogP contribution in [0.1, 0.15) is 17.5 Å². The van der Waals surface area contributed by atoms with Gasteiger partial charge in [0, 0.05) is 37.2 Å². The number of sulfone groups is 1. The van der Waals surface area contributed by atoms with Crippen molar-refractivity contribution in [2.45, 2.75) is 17.8 Å². The van der Waals surface area contributed by atoms with E-state index in [4.69, 9.17) is 9.94 Å². The average molecular weight is 432 g/mol. The molecule has 1 aromatic carbocycles. The minimum Gasteiger partial charge on any atom is -0.444 e. The van der Waals surface area contributed by atoms with Crippen molar-refractivity contribution in [3.8, 4) is 11.8 Å². The maximum Gasteiger partial charge on any atom is 0.414 e. The topological polar surface area (TPSA) is 131 Å². The van der Waals surface area contributed by atoms with Crippen LogP contribution >= 0.6 is 0 Å². The summed E-state index contributed by atoms with van der Waals surface area (Å²) in [5.74, 6) is 4.92. The maximum absolute atomic E-state index is 12.2. The minimum absolute atomic E-state index is 0.0737. The maximum atomic E-state index is 12.2. The molecule has 0 saturated carbocycles. The highest BCUT2D eigenvalue weighted by Gasteiger charge is 2.39. The fourth-order valence-corrected chi connectivity index (χ4v) is 4.00. The molecule has 2 atom stereocenters. The molecule has 0 aliphatic carbocycles. The lowest BCUT2D eigenvalue weighted by molar-refractivity contribution is -0.129. The van der Waals surface area contributed by atoms with Crippen LogP contribution in [-0.2, 0) is 26.4 Å². The van der Waals surface area contributed by atoms with Crippen molar-refractivity contribution in [1.29, 1.82) is 0 Å². The standard InChI is InChI=1S/C19H20N4O6S/c1-22-11-14(10-20-22)4-3-13-5-7-15(8-6-13)23-12-16(29-19(23)25)9-17(18(24)21-26)30(2,27)28/h5-8,10-11,16-17,26H,9,12H2,1-2H3,(H,21,24)/t16-,17?/m0/s1. The number of aromatic nitrogens is 2. The van der Waals surface area contributed by atoms with Gasteiger partial charge in [-0.1, -0.05) is 11.8 Å². The number of hydroxylamine groups is 1. The van der Waals surface area contributed by atoms with Gasteiger partial charge in [0.1, 0.15) is 11.4 Å². The number of carbonyl (C=O) groups is 2. The Morgan fingerprint density at radius 2 is 2.00 bits per heavy atom. The molecule has 2 amide bonds. The number of ether oxygens (including phenoxy) is 1. The predicted molar refractivity (Wildman–Crippen MR) is 106 cm³/mol. The van der Waals surface area contributed by atoms with Gasteiger partial charge < -0.3 is 4.74 Å². The molecule has 1 unspecified atom stereocenters. The first-order valence-electron chi connectivity index (χ1n) is 8.89. The number of hydrogen-bond donors (Lipinski definition) is 2. The Labute approximate surface area is 173 Å². The quantitative estimate of drug-likeness (QED) is 0.399. The lowest BCUT2D eigenvalue weighted by Crippen LogP contribution is -2.40. The molecule has 2 aromatic rings. The molecule has 0 spiro atoms. The zero-order chi connectivity index (χ0) is 21.9. The van der Waals surface area contributed by atoms with Crippen LogP contribution in [0.2, 0.25) is 0 Å². The lowest BCUT2D eigenvalue weighted by Gasteiger charge is -2.16. The van der Waals surface area contributed by atoms with E-state index < -0.39 is 33.2 Å². The number of carbonyl (C=O) groups excluding carboxylic acids is 2. The second-order valence-electron chi connectivity index (χ2n) is 6.85. The van der Waals surface area contributed by atoms with Gasteiger partial charge in [0.05, 0.1) is 18.3 Å². The first-order chi connectivity index (χ1) is 14.2. The van der Waals surface area contributed by atoms with Crippen LogP contribution in [0, 0.1) is 11.8 Å². The zero-order valence-electron chi connectivity index (χ0n) is 16.3. The molecule has 1 aliphatic rings. The molecule has 11 heteroatoms. The van der Waals surface area contributed by atoms with Crippen LogP contribution in [0.25, 0.3) is 0 Å². The smallest absolute Gasteiger partial charge is 0.414 e. The van der Waals surface area contributed by atoms with Crippen molar-refractivity contribution in [3.05, 3.63) is 47.8 Å². The van der Waals surface area contributed by atoms with E-state index in [0.717, 1.165) is 17.4 Å². The van der Waals surface area contributed by atoms with Crippen LogP contribution in [0.4, 0.5) is 10.5 Å². The first kappa shape index (κ1) is 21.4. The fourth-order valence-electron chi connectivity index (χ4n) is 3.00. The normalized spacial score (nSPS) is 17.1. The molecular weight excluding hydrogens is 412 g/mol. The third kappa shape index (κ3) is 4.97.